The van der Waals surface area contributed by atoms with Gasteiger partial charge in [0.25, 0.3) is 11.8 Å². The Hall–Kier alpha value is -1.96. The van der Waals surface area contributed by atoms with Crippen molar-refractivity contribution >= 4 is 47.8 Å². The summed E-state index contributed by atoms with van der Waals surface area (Å²) in [5, 5.41) is 13.6. The van der Waals surface area contributed by atoms with Crippen molar-refractivity contribution in [3.63, 3.8) is 0 Å². The van der Waals surface area contributed by atoms with E-state index in [0.717, 1.165) is 12.1 Å². The summed E-state index contributed by atoms with van der Waals surface area (Å²) in [5.74, 6) is -2.68. The van der Waals surface area contributed by atoms with E-state index in [4.69, 9.17) is 23.2 Å². The maximum absolute atomic E-state index is 11.7. The largest absolute Gasteiger partial charge is 0.368 e. The second-order valence-electron chi connectivity index (χ2n) is 3.52. The molecule has 0 atom stereocenters. The lowest BCUT2D eigenvalue weighted by Crippen LogP contribution is -2.54. The molecule has 0 aliphatic carbocycles. The molecule has 1 aromatic rings. The quantitative estimate of drug-likeness (QED) is 0.511. The van der Waals surface area contributed by atoms with Crippen LogP contribution < -0.4 is 10.6 Å². The lowest BCUT2D eigenvalue weighted by Gasteiger charge is -2.24. The highest BCUT2D eigenvalue weighted by atomic mass is 35.5. The van der Waals surface area contributed by atoms with Gasteiger partial charge in [-0.05, 0) is 12.1 Å². The summed E-state index contributed by atoms with van der Waals surface area (Å²) in [4.78, 5) is 44.1. The molecule has 0 radical (unpaired) electrons. The molecule has 0 aliphatic heterocycles. The fourth-order valence-electron chi connectivity index (χ4n) is 1.40. The molecule has 0 aromatic heterocycles. The molecule has 0 saturated heterocycles. The van der Waals surface area contributed by atoms with Crippen LogP contribution in [-0.2, 0) is 24.8 Å². The monoisotopic (exact) mass is 318 g/mol. The number of imide groups is 2. The number of nitrogens with one attached hydrogen (secondary N) is 2. The van der Waals surface area contributed by atoms with Crippen molar-refractivity contribution in [2.75, 3.05) is 0 Å². The smallest absolute Gasteiger partial charge is 0.273 e. The lowest BCUT2D eigenvalue weighted by molar-refractivity contribution is -0.155. The van der Waals surface area contributed by atoms with Gasteiger partial charge in [-0.25, -0.2) is 0 Å². The second-order valence-corrected chi connectivity index (χ2v) is 4.34. The minimum atomic E-state index is -2.81. The number of aliphatic hydroxyl groups is 1. The summed E-state index contributed by atoms with van der Waals surface area (Å²) < 4.78 is 0. The lowest BCUT2D eigenvalue weighted by atomic mass is 9.92. The average Bonchev–Trinajstić information content (AvgIpc) is 2.41. The van der Waals surface area contributed by atoms with Crippen LogP contribution in [0.1, 0.15) is 5.56 Å². The van der Waals surface area contributed by atoms with E-state index >= 15 is 0 Å². The number of rotatable bonds is 5. The van der Waals surface area contributed by atoms with E-state index < -0.39 is 17.4 Å². The van der Waals surface area contributed by atoms with Crippen LogP contribution in [0.15, 0.2) is 18.2 Å². The number of hydrogen-bond acceptors (Lipinski definition) is 5. The van der Waals surface area contributed by atoms with Gasteiger partial charge in [0, 0.05) is 5.56 Å². The van der Waals surface area contributed by atoms with Crippen LogP contribution in [0.25, 0.3) is 0 Å². The Balaban J connectivity index is 3.39. The van der Waals surface area contributed by atoms with Crippen molar-refractivity contribution in [2.24, 2.45) is 0 Å². The van der Waals surface area contributed by atoms with Gasteiger partial charge >= 0.3 is 0 Å². The van der Waals surface area contributed by atoms with Gasteiger partial charge in [0.2, 0.25) is 18.4 Å². The van der Waals surface area contributed by atoms with Crippen LogP contribution >= 0.6 is 23.2 Å². The SMILES string of the molecule is O=CNC(=O)C(O)(C(=O)NC=O)c1ccc(Cl)c(Cl)c1. The van der Waals surface area contributed by atoms with Crippen molar-refractivity contribution in [3.05, 3.63) is 33.8 Å². The van der Waals surface area contributed by atoms with Crippen LogP contribution in [-0.4, -0.2) is 29.7 Å². The predicted molar refractivity (Wildman–Crippen MR) is 68.8 cm³/mol. The molecule has 0 heterocycles. The summed E-state index contributed by atoms with van der Waals surface area (Å²) in [5.41, 5.74) is -3.07. The first-order valence-corrected chi connectivity index (χ1v) is 5.80. The Labute approximate surface area is 122 Å². The Morgan fingerprint density at radius 3 is 1.95 bits per heavy atom. The minimum absolute atomic E-state index is 0.0149. The van der Waals surface area contributed by atoms with Crippen LogP contribution in [0.3, 0.4) is 0 Å². The standard InChI is InChI=1S/C11H8Cl2N2O5/c12-7-2-1-6(3-8(7)13)11(20,9(18)14-4-16)10(19)15-5-17/h1-5,20H,(H,14,16,18)(H,15,17,19). The maximum atomic E-state index is 11.7. The van der Waals surface area contributed by atoms with E-state index in [2.05, 4.69) is 0 Å². The molecule has 3 N–H and O–H groups in total. The molecule has 0 spiro atoms. The highest BCUT2D eigenvalue weighted by molar-refractivity contribution is 6.42. The van der Waals surface area contributed by atoms with Crippen LogP contribution in [0.2, 0.25) is 10.0 Å². The highest BCUT2D eigenvalue weighted by Gasteiger charge is 2.46. The molecule has 7 nitrogen and oxygen atoms in total. The molecular formula is C11H8Cl2N2O5. The fourth-order valence-corrected chi connectivity index (χ4v) is 1.70. The van der Waals surface area contributed by atoms with E-state index in [1.807, 2.05) is 0 Å². The molecule has 4 amide bonds. The first-order chi connectivity index (χ1) is 9.37. The molecule has 0 bridgehead atoms. The molecular weight excluding hydrogens is 311 g/mol. The zero-order chi connectivity index (χ0) is 15.3. The van der Waals surface area contributed by atoms with Gasteiger partial charge in [0.1, 0.15) is 0 Å². The molecule has 1 rings (SSSR count). The first-order valence-electron chi connectivity index (χ1n) is 5.05. The summed E-state index contributed by atoms with van der Waals surface area (Å²) in [6.07, 6.45) is -0.0297. The van der Waals surface area contributed by atoms with Crippen molar-refractivity contribution in [1.29, 1.82) is 0 Å². The fraction of sp³-hybridized carbons (Fsp3) is 0.0909. The van der Waals surface area contributed by atoms with Gasteiger partial charge in [-0.15, -0.1) is 0 Å². The topological polar surface area (TPSA) is 113 Å². The van der Waals surface area contributed by atoms with Crippen molar-refractivity contribution in [3.8, 4) is 0 Å². The zero-order valence-electron chi connectivity index (χ0n) is 9.72. The van der Waals surface area contributed by atoms with Crippen LogP contribution in [0.5, 0.6) is 0 Å². The molecule has 0 fully saturated rings. The number of halogens is 2. The van der Waals surface area contributed by atoms with Gasteiger partial charge in [0.15, 0.2) is 0 Å². The molecule has 106 valence electrons. The molecule has 0 unspecified atom stereocenters. The number of amides is 4. The van der Waals surface area contributed by atoms with Crippen LogP contribution in [0.4, 0.5) is 0 Å². The third-order valence-electron chi connectivity index (χ3n) is 2.37. The third kappa shape index (κ3) is 2.96. The summed E-state index contributed by atoms with van der Waals surface area (Å²) in [7, 11) is 0. The number of benzene rings is 1. The normalized spacial score (nSPS) is 10.6. The van der Waals surface area contributed by atoms with Crippen molar-refractivity contribution in [1.82, 2.24) is 10.6 Å². The average molecular weight is 319 g/mol. The Bertz CT molecular complexity index is 554. The Morgan fingerprint density at radius 2 is 1.55 bits per heavy atom. The molecule has 1 aromatic carbocycles. The van der Waals surface area contributed by atoms with Gasteiger partial charge in [0.05, 0.1) is 10.0 Å². The van der Waals surface area contributed by atoms with Crippen molar-refractivity contribution in [2.45, 2.75) is 5.60 Å². The Kier molecular flexibility index (Phi) is 5.20. The second kappa shape index (κ2) is 6.47. The number of hydrogen-bond donors (Lipinski definition) is 3. The molecule has 0 aliphatic rings. The van der Waals surface area contributed by atoms with Gasteiger partial charge in [-0.3, -0.25) is 29.8 Å². The number of carbonyl (C=O) groups is 4. The van der Waals surface area contributed by atoms with Crippen LogP contribution in [0, 0.1) is 0 Å². The van der Waals surface area contributed by atoms with E-state index in [1.165, 1.54) is 6.07 Å². The maximum Gasteiger partial charge on any atom is 0.273 e. The summed E-state index contributed by atoms with van der Waals surface area (Å²) >= 11 is 11.4. The van der Waals surface area contributed by atoms with E-state index in [1.54, 1.807) is 10.6 Å². The predicted octanol–water partition coefficient (Wildman–Crippen LogP) is -0.274. The molecule has 9 heteroatoms. The summed E-state index contributed by atoms with van der Waals surface area (Å²) in [6, 6.07) is 3.47. The minimum Gasteiger partial charge on any atom is -0.368 e. The summed E-state index contributed by atoms with van der Waals surface area (Å²) in [6.45, 7) is 0. The van der Waals surface area contributed by atoms with Crippen molar-refractivity contribution < 1.29 is 24.3 Å². The first kappa shape index (κ1) is 16.1. The molecule has 20 heavy (non-hydrogen) atoms. The number of carbonyl (C=O) groups excluding carboxylic acids is 4. The van der Waals surface area contributed by atoms with Gasteiger partial charge in [-0.2, -0.15) is 0 Å². The van der Waals surface area contributed by atoms with Gasteiger partial charge in [-0.1, -0.05) is 29.3 Å². The highest BCUT2D eigenvalue weighted by Crippen LogP contribution is 2.29. The molecule has 0 saturated carbocycles. The van der Waals surface area contributed by atoms with E-state index in [0.29, 0.717) is 0 Å². The Morgan fingerprint density at radius 1 is 1.05 bits per heavy atom. The van der Waals surface area contributed by atoms with Gasteiger partial charge < -0.3 is 5.11 Å². The zero-order valence-corrected chi connectivity index (χ0v) is 11.2. The third-order valence-corrected chi connectivity index (χ3v) is 3.11. The van der Waals surface area contributed by atoms with E-state index in [-0.39, 0.29) is 28.4 Å². The van der Waals surface area contributed by atoms with E-state index in [9.17, 15) is 24.3 Å².